The quantitative estimate of drug-likeness (QED) is 0.814. The Morgan fingerprint density at radius 1 is 1.22 bits per heavy atom. The Labute approximate surface area is 112 Å². The fraction of sp³-hybridized carbons (Fsp3) is 1.00. The van der Waals surface area contributed by atoms with Crippen molar-refractivity contribution in [2.24, 2.45) is 5.92 Å². The minimum atomic E-state index is 0.380. The summed E-state index contributed by atoms with van der Waals surface area (Å²) in [6.45, 7) is 11.0. The molecule has 1 unspecified atom stereocenters. The van der Waals surface area contributed by atoms with Gasteiger partial charge in [0.2, 0.25) is 0 Å². The minimum Gasteiger partial charge on any atom is -0.374 e. The fourth-order valence-electron chi connectivity index (χ4n) is 3.28. The van der Waals surface area contributed by atoms with Gasteiger partial charge in [-0.15, -0.1) is 0 Å². The summed E-state index contributed by atoms with van der Waals surface area (Å²) < 4.78 is 5.87. The third kappa shape index (κ3) is 3.94. The molecule has 1 heterocycles. The number of nitrogens with zero attached hydrogens (tertiary/aromatic N) is 1. The van der Waals surface area contributed by atoms with Gasteiger partial charge in [0.15, 0.2) is 0 Å². The first-order chi connectivity index (χ1) is 8.66. The van der Waals surface area contributed by atoms with Crippen molar-refractivity contribution in [3.05, 3.63) is 0 Å². The van der Waals surface area contributed by atoms with Crippen LogP contribution in [-0.2, 0) is 4.74 Å². The molecule has 3 nitrogen and oxygen atoms in total. The molecule has 0 aromatic carbocycles. The molecule has 0 bridgehead atoms. The Bertz CT molecular complexity index is 239. The van der Waals surface area contributed by atoms with E-state index >= 15 is 0 Å². The lowest BCUT2D eigenvalue weighted by Gasteiger charge is -2.36. The number of rotatable bonds is 5. The van der Waals surface area contributed by atoms with Crippen LogP contribution in [0.4, 0.5) is 0 Å². The normalized spacial score (nSPS) is 29.0. The highest BCUT2D eigenvalue weighted by atomic mass is 16.5. The van der Waals surface area contributed by atoms with E-state index in [-0.39, 0.29) is 0 Å². The standard InChI is InChI=1S/C15H30N2O/c1-12(2)17-8-9-18-15(11-17)10-16-13(3)14-6-4-5-7-14/h12-16H,4-11H2,1-3H3/t13-,15?/m0/s1. The number of nitrogens with one attached hydrogen (secondary N) is 1. The van der Waals surface area contributed by atoms with Crippen LogP contribution in [0.3, 0.4) is 0 Å². The van der Waals surface area contributed by atoms with Gasteiger partial charge in [-0.25, -0.2) is 0 Å². The Kier molecular flexibility index (Phi) is 5.46. The zero-order valence-electron chi connectivity index (χ0n) is 12.3. The van der Waals surface area contributed by atoms with Crippen LogP contribution < -0.4 is 5.32 Å². The van der Waals surface area contributed by atoms with Gasteiger partial charge in [0.05, 0.1) is 12.7 Å². The molecular formula is C15H30N2O. The highest BCUT2D eigenvalue weighted by Crippen LogP contribution is 2.27. The maximum Gasteiger partial charge on any atom is 0.0826 e. The summed E-state index contributed by atoms with van der Waals surface area (Å²) in [4.78, 5) is 2.52. The zero-order valence-corrected chi connectivity index (χ0v) is 12.3. The molecular weight excluding hydrogens is 224 g/mol. The number of hydrogen-bond donors (Lipinski definition) is 1. The molecule has 0 amide bonds. The smallest absolute Gasteiger partial charge is 0.0826 e. The van der Waals surface area contributed by atoms with E-state index in [1.165, 1.54) is 25.7 Å². The van der Waals surface area contributed by atoms with E-state index in [0.29, 0.717) is 18.2 Å². The van der Waals surface area contributed by atoms with Gasteiger partial charge < -0.3 is 10.1 Å². The average molecular weight is 254 g/mol. The molecule has 0 aromatic heterocycles. The van der Waals surface area contributed by atoms with Crippen LogP contribution in [-0.4, -0.2) is 49.3 Å². The van der Waals surface area contributed by atoms with Gasteiger partial charge in [-0.2, -0.15) is 0 Å². The van der Waals surface area contributed by atoms with E-state index < -0.39 is 0 Å². The summed E-state index contributed by atoms with van der Waals surface area (Å²) in [5.41, 5.74) is 0. The van der Waals surface area contributed by atoms with E-state index in [4.69, 9.17) is 4.74 Å². The van der Waals surface area contributed by atoms with Crippen molar-refractivity contribution in [3.8, 4) is 0 Å². The first-order valence-electron chi connectivity index (χ1n) is 7.76. The van der Waals surface area contributed by atoms with Crippen LogP contribution >= 0.6 is 0 Å². The molecule has 0 radical (unpaired) electrons. The predicted octanol–water partition coefficient (Wildman–Crippen LogP) is 2.26. The molecule has 1 aliphatic carbocycles. The fourth-order valence-corrected chi connectivity index (χ4v) is 3.28. The van der Waals surface area contributed by atoms with Gasteiger partial charge in [0.1, 0.15) is 0 Å². The molecule has 3 heteroatoms. The molecule has 2 fully saturated rings. The lowest BCUT2D eigenvalue weighted by molar-refractivity contribution is -0.0385. The highest BCUT2D eigenvalue weighted by Gasteiger charge is 2.25. The van der Waals surface area contributed by atoms with Gasteiger partial charge in [-0.1, -0.05) is 12.8 Å². The first-order valence-corrected chi connectivity index (χ1v) is 7.76. The van der Waals surface area contributed by atoms with E-state index in [1.54, 1.807) is 0 Å². The molecule has 106 valence electrons. The van der Waals surface area contributed by atoms with Crippen molar-refractivity contribution < 1.29 is 4.74 Å². The number of ether oxygens (including phenoxy) is 1. The van der Waals surface area contributed by atoms with Crippen molar-refractivity contribution in [2.45, 2.75) is 64.6 Å². The van der Waals surface area contributed by atoms with Crippen LogP contribution in [0.15, 0.2) is 0 Å². The van der Waals surface area contributed by atoms with Gasteiger partial charge in [0, 0.05) is 31.7 Å². The van der Waals surface area contributed by atoms with Crippen molar-refractivity contribution in [3.63, 3.8) is 0 Å². The molecule has 0 aromatic rings. The average Bonchev–Trinajstić information content (AvgIpc) is 2.90. The Balaban J connectivity index is 1.69. The summed E-state index contributed by atoms with van der Waals surface area (Å²) in [5.74, 6) is 0.898. The second kappa shape index (κ2) is 6.88. The highest BCUT2D eigenvalue weighted by molar-refractivity contribution is 4.81. The third-order valence-corrected chi connectivity index (χ3v) is 4.67. The molecule has 1 aliphatic heterocycles. The summed E-state index contributed by atoms with van der Waals surface area (Å²) >= 11 is 0. The number of hydrogen-bond acceptors (Lipinski definition) is 3. The second-order valence-corrected chi connectivity index (χ2v) is 6.32. The van der Waals surface area contributed by atoms with Gasteiger partial charge in [0.25, 0.3) is 0 Å². The summed E-state index contributed by atoms with van der Waals surface area (Å²) in [7, 11) is 0. The van der Waals surface area contributed by atoms with Gasteiger partial charge >= 0.3 is 0 Å². The predicted molar refractivity (Wildman–Crippen MR) is 75.9 cm³/mol. The maximum absolute atomic E-state index is 5.87. The van der Waals surface area contributed by atoms with Gasteiger partial charge in [-0.05, 0) is 39.5 Å². The number of morpholine rings is 1. The first kappa shape index (κ1) is 14.3. The topological polar surface area (TPSA) is 24.5 Å². The van der Waals surface area contributed by atoms with Crippen LogP contribution in [0.25, 0.3) is 0 Å². The van der Waals surface area contributed by atoms with Crippen molar-refractivity contribution in [1.82, 2.24) is 10.2 Å². The van der Waals surface area contributed by atoms with Crippen LogP contribution in [0.1, 0.15) is 46.5 Å². The lowest BCUT2D eigenvalue weighted by atomic mass is 10.00. The SMILES string of the molecule is CC(C)N1CCOC(CN[C@@H](C)C2CCCC2)C1. The van der Waals surface area contributed by atoms with E-state index in [0.717, 1.165) is 32.2 Å². The zero-order chi connectivity index (χ0) is 13.0. The van der Waals surface area contributed by atoms with E-state index in [9.17, 15) is 0 Å². The molecule has 1 saturated carbocycles. The molecule has 1 N–H and O–H groups in total. The van der Waals surface area contributed by atoms with Crippen molar-refractivity contribution in [2.75, 3.05) is 26.2 Å². The molecule has 0 spiro atoms. The largest absolute Gasteiger partial charge is 0.374 e. The Morgan fingerprint density at radius 3 is 2.61 bits per heavy atom. The second-order valence-electron chi connectivity index (χ2n) is 6.32. The Hall–Kier alpha value is -0.120. The van der Waals surface area contributed by atoms with E-state index in [1.807, 2.05) is 0 Å². The summed E-state index contributed by atoms with van der Waals surface area (Å²) in [5, 5.41) is 3.70. The molecule has 2 aliphatic rings. The summed E-state index contributed by atoms with van der Waals surface area (Å²) in [6.07, 6.45) is 6.07. The monoisotopic (exact) mass is 254 g/mol. The third-order valence-electron chi connectivity index (χ3n) is 4.67. The van der Waals surface area contributed by atoms with Crippen molar-refractivity contribution in [1.29, 1.82) is 0 Å². The van der Waals surface area contributed by atoms with Gasteiger partial charge in [-0.3, -0.25) is 4.90 Å². The molecule has 2 atom stereocenters. The minimum absolute atomic E-state index is 0.380. The molecule has 2 rings (SSSR count). The van der Waals surface area contributed by atoms with E-state index in [2.05, 4.69) is 31.0 Å². The van der Waals surface area contributed by atoms with Crippen LogP contribution in [0.2, 0.25) is 0 Å². The van der Waals surface area contributed by atoms with Crippen LogP contribution in [0, 0.1) is 5.92 Å². The lowest BCUT2D eigenvalue weighted by Crippen LogP contribution is -2.50. The van der Waals surface area contributed by atoms with Crippen molar-refractivity contribution >= 4 is 0 Å². The maximum atomic E-state index is 5.87. The van der Waals surface area contributed by atoms with Crippen LogP contribution in [0.5, 0.6) is 0 Å². The Morgan fingerprint density at radius 2 is 1.94 bits per heavy atom. The summed E-state index contributed by atoms with van der Waals surface area (Å²) in [6, 6.07) is 1.30. The molecule has 18 heavy (non-hydrogen) atoms. The molecule has 1 saturated heterocycles.